The van der Waals surface area contributed by atoms with Crippen molar-refractivity contribution in [1.29, 1.82) is 0 Å². The minimum atomic E-state index is 0.932. The van der Waals surface area contributed by atoms with Gasteiger partial charge in [-0.2, -0.15) is 0 Å². The fourth-order valence-corrected chi connectivity index (χ4v) is 3.60. The molecular formula is C13H19BrN2S. The minimum Gasteiger partial charge on any atom is -0.316 e. The molecule has 1 aliphatic carbocycles. The summed E-state index contributed by atoms with van der Waals surface area (Å²) in [5.41, 5.74) is 0. The molecule has 1 N–H and O–H groups in total. The third kappa shape index (κ3) is 4.60. The van der Waals surface area contributed by atoms with E-state index in [2.05, 4.69) is 26.2 Å². The van der Waals surface area contributed by atoms with Crippen molar-refractivity contribution < 1.29 is 0 Å². The number of hydrogen-bond donors (Lipinski definition) is 1. The van der Waals surface area contributed by atoms with E-state index in [0.717, 1.165) is 27.7 Å². The predicted octanol–water partition coefficient (Wildman–Crippen LogP) is 3.72. The van der Waals surface area contributed by atoms with Crippen LogP contribution in [-0.2, 0) is 0 Å². The van der Waals surface area contributed by atoms with Crippen molar-refractivity contribution in [1.82, 2.24) is 10.3 Å². The van der Waals surface area contributed by atoms with E-state index in [1.807, 2.05) is 30.1 Å². The van der Waals surface area contributed by atoms with Crippen molar-refractivity contribution in [2.45, 2.75) is 30.7 Å². The van der Waals surface area contributed by atoms with Crippen molar-refractivity contribution in [3.8, 4) is 0 Å². The lowest BCUT2D eigenvalue weighted by Crippen LogP contribution is -2.23. The van der Waals surface area contributed by atoms with Gasteiger partial charge in [0.2, 0.25) is 0 Å². The highest BCUT2D eigenvalue weighted by Gasteiger charge is 2.13. The zero-order valence-corrected chi connectivity index (χ0v) is 12.4. The Hall–Kier alpha value is -0.0600. The van der Waals surface area contributed by atoms with E-state index in [4.69, 9.17) is 0 Å². The predicted molar refractivity (Wildman–Crippen MR) is 77.5 cm³/mol. The standard InChI is InChI=1S/C13H19BrN2S/c14-12-6-3-7-16-13(12)17-9-8-15-10-11-4-1-2-5-11/h3,6-7,11,15H,1-2,4-5,8-10H2. The second kappa shape index (κ2) is 7.39. The first-order chi connectivity index (χ1) is 8.36. The van der Waals surface area contributed by atoms with E-state index in [9.17, 15) is 0 Å². The Labute approximate surface area is 116 Å². The maximum absolute atomic E-state index is 4.34. The van der Waals surface area contributed by atoms with Crippen LogP contribution >= 0.6 is 27.7 Å². The summed E-state index contributed by atoms with van der Waals surface area (Å²) in [6.45, 7) is 2.27. The van der Waals surface area contributed by atoms with Crippen LogP contribution in [0.2, 0.25) is 0 Å². The molecule has 1 heterocycles. The molecule has 2 rings (SSSR count). The molecule has 0 aromatic carbocycles. The zero-order chi connectivity index (χ0) is 11.9. The highest BCUT2D eigenvalue weighted by molar-refractivity contribution is 9.10. The average molecular weight is 315 g/mol. The molecular weight excluding hydrogens is 296 g/mol. The molecule has 1 saturated carbocycles. The normalized spacial score (nSPS) is 16.5. The number of thioether (sulfide) groups is 1. The van der Waals surface area contributed by atoms with Gasteiger partial charge < -0.3 is 5.32 Å². The fraction of sp³-hybridized carbons (Fsp3) is 0.615. The molecule has 94 valence electrons. The van der Waals surface area contributed by atoms with Gasteiger partial charge in [0.15, 0.2) is 0 Å². The largest absolute Gasteiger partial charge is 0.316 e. The number of nitrogens with zero attached hydrogens (tertiary/aromatic N) is 1. The highest BCUT2D eigenvalue weighted by Crippen LogP contribution is 2.25. The van der Waals surface area contributed by atoms with Crippen molar-refractivity contribution in [3.63, 3.8) is 0 Å². The molecule has 0 spiro atoms. The maximum Gasteiger partial charge on any atom is 0.110 e. The summed E-state index contributed by atoms with van der Waals surface area (Å²) in [5, 5.41) is 4.65. The molecule has 1 aliphatic rings. The van der Waals surface area contributed by atoms with E-state index in [1.165, 1.54) is 32.2 Å². The van der Waals surface area contributed by atoms with Crippen LogP contribution in [0.1, 0.15) is 25.7 Å². The first kappa shape index (κ1) is 13.4. The van der Waals surface area contributed by atoms with Gasteiger partial charge in [0.25, 0.3) is 0 Å². The molecule has 1 fully saturated rings. The molecule has 1 aromatic heterocycles. The number of hydrogen-bond acceptors (Lipinski definition) is 3. The second-order valence-electron chi connectivity index (χ2n) is 4.49. The van der Waals surface area contributed by atoms with Gasteiger partial charge in [0.05, 0.1) is 0 Å². The molecule has 0 aliphatic heterocycles. The Bertz CT molecular complexity index is 340. The first-order valence-electron chi connectivity index (χ1n) is 6.30. The summed E-state index contributed by atoms with van der Waals surface area (Å²) in [4.78, 5) is 4.34. The lowest BCUT2D eigenvalue weighted by atomic mass is 10.1. The van der Waals surface area contributed by atoms with E-state index in [1.54, 1.807) is 0 Å². The molecule has 0 atom stereocenters. The van der Waals surface area contributed by atoms with Crippen molar-refractivity contribution in [2.75, 3.05) is 18.8 Å². The molecule has 0 unspecified atom stereocenters. The summed E-state index contributed by atoms with van der Waals surface area (Å²) in [5.74, 6) is 2.02. The summed E-state index contributed by atoms with van der Waals surface area (Å²) in [6, 6.07) is 3.99. The van der Waals surface area contributed by atoms with Crippen LogP contribution in [0.5, 0.6) is 0 Å². The van der Waals surface area contributed by atoms with Gasteiger partial charge in [-0.1, -0.05) is 12.8 Å². The topological polar surface area (TPSA) is 24.9 Å². The van der Waals surface area contributed by atoms with E-state index in [-0.39, 0.29) is 0 Å². The van der Waals surface area contributed by atoms with Gasteiger partial charge in [-0.25, -0.2) is 4.98 Å². The number of pyridine rings is 1. The van der Waals surface area contributed by atoms with Gasteiger partial charge >= 0.3 is 0 Å². The van der Waals surface area contributed by atoms with E-state index in [0.29, 0.717) is 0 Å². The van der Waals surface area contributed by atoms with Crippen molar-refractivity contribution in [3.05, 3.63) is 22.8 Å². The third-order valence-electron chi connectivity index (χ3n) is 3.15. The summed E-state index contributed by atoms with van der Waals surface area (Å²) in [7, 11) is 0. The van der Waals surface area contributed by atoms with Gasteiger partial charge in [0, 0.05) is 23.0 Å². The molecule has 0 radical (unpaired) electrons. The summed E-state index contributed by atoms with van der Waals surface area (Å²) in [6.07, 6.45) is 7.56. The number of aromatic nitrogens is 1. The van der Waals surface area contributed by atoms with E-state index >= 15 is 0 Å². The lowest BCUT2D eigenvalue weighted by Gasteiger charge is -2.10. The van der Waals surface area contributed by atoms with Crippen LogP contribution < -0.4 is 5.32 Å². The molecule has 4 heteroatoms. The lowest BCUT2D eigenvalue weighted by molar-refractivity contribution is 0.500. The van der Waals surface area contributed by atoms with E-state index < -0.39 is 0 Å². The van der Waals surface area contributed by atoms with Gasteiger partial charge in [-0.05, 0) is 53.4 Å². The maximum atomic E-state index is 4.34. The van der Waals surface area contributed by atoms with Crippen molar-refractivity contribution >= 4 is 27.7 Å². The zero-order valence-electron chi connectivity index (χ0n) is 9.99. The molecule has 1 aromatic rings. The van der Waals surface area contributed by atoms with Gasteiger partial charge in [-0.15, -0.1) is 11.8 Å². The number of rotatable bonds is 6. The van der Waals surface area contributed by atoms with Crippen LogP contribution in [0.15, 0.2) is 27.8 Å². The first-order valence-corrected chi connectivity index (χ1v) is 8.08. The summed E-state index contributed by atoms with van der Waals surface area (Å²) >= 11 is 5.32. The van der Waals surface area contributed by atoms with Gasteiger partial charge in [-0.3, -0.25) is 0 Å². The molecule has 0 bridgehead atoms. The molecule has 2 nitrogen and oxygen atoms in total. The minimum absolute atomic E-state index is 0.932. The summed E-state index contributed by atoms with van der Waals surface area (Å²) < 4.78 is 1.10. The Kier molecular flexibility index (Phi) is 5.81. The average Bonchev–Trinajstić information content (AvgIpc) is 2.84. The number of nitrogens with one attached hydrogen (secondary N) is 1. The van der Waals surface area contributed by atoms with Crippen LogP contribution in [0.4, 0.5) is 0 Å². The Balaban J connectivity index is 1.58. The monoisotopic (exact) mass is 314 g/mol. The molecule has 0 saturated heterocycles. The Morgan fingerprint density at radius 3 is 3.00 bits per heavy atom. The van der Waals surface area contributed by atoms with Crippen LogP contribution in [0.3, 0.4) is 0 Å². The Morgan fingerprint density at radius 1 is 1.41 bits per heavy atom. The Morgan fingerprint density at radius 2 is 2.24 bits per heavy atom. The molecule has 17 heavy (non-hydrogen) atoms. The van der Waals surface area contributed by atoms with Gasteiger partial charge in [0.1, 0.15) is 5.03 Å². The van der Waals surface area contributed by atoms with Crippen LogP contribution in [-0.4, -0.2) is 23.8 Å². The smallest absolute Gasteiger partial charge is 0.110 e. The van der Waals surface area contributed by atoms with Crippen LogP contribution in [0.25, 0.3) is 0 Å². The number of halogens is 1. The van der Waals surface area contributed by atoms with Crippen LogP contribution in [0, 0.1) is 5.92 Å². The SMILES string of the molecule is Brc1cccnc1SCCNCC1CCCC1. The molecule has 0 amide bonds. The third-order valence-corrected chi connectivity index (χ3v) is 5.06. The fourth-order valence-electron chi connectivity index (χ4n) is 2.22. The second-order valence-corrected chi connectivity index (χ2v) is 6.43. The van der Waals surface area contributed by atoms with Crippen molar-refractivity contribution in [2.24, 2.45) is 5.92 Å². The highest BCUT2D eigenvalue weighted by atomic mass is 79.9. The quantitative estimate of drug-likeness (QED) is 0.640.